The van der Waals surface area contributed by atoms with E-state index in [1.165, 1.54) is 16.7 Å². The molecule has 0 aliphatic heterocycles. The molecule has 0 saturated heterocycles. The van der Waals surface area contributed by atoms with Crippen molar-refractivity contribution in [2.75, 3.05) is 0 Å². The van der Waals surface area contributed by atoms with Crippen LogP contribution in [0.5, 0.6) is 0 Å². The molecule has 1 rings (SSSR count). The third kappa shape index (κ3) is 3.10. The minimum Gasteiger partial charge on any atom is -0.0834 e. The van der Waals surface area contributed by atoms with Crippen LogP contribution in [0.2, 0.25) is 0 Å². The fourth-order valence-electron chi connectivity index (χ4n) is 2.04. The molecule has 0 aromatic carbocycles. The second-order valence-corrected chi connectivity index (χ2v) is 5.02. The van der Waals surface area contributed by atoms with Gasteiger partial charge in [0.25, 0.3) is 0 Å². The molecule has 0 heterocycles. The molecule has 0 spiro atoms. The van der Waals surface area contributed by atoms with Crippen LogP contribution >= 0.6 is 0 Å². The smallest absolute Gasteiger partial charge is 0.00664 e. The molecule has 0 unspecified atom stereocenters. The lowest BCUT2D eigenvalue weighted by Gasteiger charge is -2.29. The molecule has 0 bridgehead atoms. The van der Waals surface area contributed by atoms with E-state index in [-0.39, 0.29) is 5.41 Å². The van der Waals surface area contributed by atoms with Crippen LogP contribution in [0.1, 0.15) is 34.1 Å². The molecule has 0 N–H and O–H groups in total. The van der Waals surface area contributed by atoms with Crippen molar-refractivity contribution in [2.45, 2.75) is 34.1 Å². The first kappa shape index (κ1) is 12.8. The van der Waals surface area contributed by atoms with Gasteiger partial charge in [-0.3, -0.25) is 0 Å². The molecule has 0 amide bonds. The van der Waals surface area contributed by atoms with E-state index < -0.39 is 0 Å². The van der Waals surface area contributed by atoms with E-state index in [4.69, 9.17) is 6.58 Å². The summed E-state index contributed by atoms with van der Waals surface area (Å²) >= 11 is 0. The van der Waals surface area contributed by atoms with Crippen LogP contribution in [0.15, 0.2) is 53.2 Å². The Hall–Kier alpha value is -1.30. The molecule has 0 saturated carbocycles. The van der Waals surface area contributed by atoms with Crippen LogP contribution in [-0.4, -0.2) is 0 Å². The zero-order chi connectivity index (χ0) is 12.2. The van der Waals surface area contributed by atoms with Crippen molar-refractivity contribution in [3.63, 3.8) is 0 Å². The summed E-state index contributed by atoms with van der Waals surface area (Å²) in [6, 6.07) is 0. The van der Waals surface area contributed by atoms with Gasteiger partial charge >= 0.3 is 0 Å². The molecule has 85 valence electrons. The highest BCUT2D eigenvalue weighted by Crippen LogP contribution is 2.37. The van der Waals surface area contributed by atoms with E-state index in [1.807, 2.05) is 6.08 Å². The van der Waals surface area contributed by atoms with Gasteiger partial charge in [0, 0.05) is 0 Å². The van der Waals surface area contributed by atoms with Gasteiger partial charge in [-0.25, -0.2) is 0 Å². The fourth-order valence-corrected chi connectivity index (χ4v) is 2.04. The van der Waals surface area contributed by atoms with Crippen molar-refractivity contribution < 1.29 is 0 Å². The molecular weight excluding hydrogens is 192 g/mol. The number of hydrogen-bond donors (Lipinski definition) is 0. The van der Waals surface area contributed by atoms with E-state index in [0.29, 0.717) is 0 Å². The third-order valence-electron chi connectivity index (χ3n) is 3.02. The van der Waals surface area contributed by atoms with E-state index >= 15 is 0 Å². The van der Waals surface area contributed by atoms with E-state index in [9.17, 15) is 0 Å². The Kier molecular flexibility index (Phi) is 4.12. The van der Waals surface area contributed by atoms with Crippen molar-refractivity contribution >= 4 is 0 Å². The zero-order valence-corrected chi connectivity index (χ0v) is 10.7. The molecule has 0 atom stereocenters. The number of hydrogen-bond acceptors (Lipinski definition) is 0. The van der Waals surface area contributed by atoms with Crippen LogP contribution in [0.4, 0.5) is 0 Å². The molecule has 0 fully saturated rings. The molecule has 0 aromatic rings. The van der Waals surface area contributed by atoms with Crippen molar-refractivity contribution in [3.05, 3.63) is 59.8 Å². The van der Waals surface area contributed by atoms with Crippen LogP contribution in [0.25, 0.3) is 0 Å². The fraction of sp³-hybridized carbons (Fsp3) is 0.375. The first-order valence-corrected chi connectivity index (χ1v) is 5.75. The van der Waals surface area contributed by atoms with Gasteiger partial charge in [0.15, 0.2) is 0 Å². The highest BCUT2D eigenvalue weighted by Gasteiger charge is 2.23. The molecule has 0 aromatic heterocycles. The van der Waals surface area contributed by atoms with Gasteiger partial charge in [-0.05, 0) is 36.8 Å². The Labute approximate surface area is 99.8 Å². The summed E-state index contributed by atoms with van der Waals surface area (Å²) in [6.07, 6.45) is 13.4. The maximum Gasteiger partial charge on any atom is -0.00664 e. The van der Waals surface area contributed by atoms with Gasteiger partial charge in [0.2, 0.25) is 0 Å². The molecule has 16 heavy (non-hydrogen) atoms. The van der Waals surface area contributed by atoms with Gasteiger partial charge in [0.05, 0.1) is 0 Å². The monoisotopic (exact) mass is 213 g/mol. The Balaban J connectivity index is 2.98. The van der Waals surface area contributed by atoms with Gasteiger partial charge in [-0.1, -0.05) is 62.5 Å². The maximum absolute atomic E-state index is 5.36. The van der Waals surface area contributed by atoms with E-state index in [0.717, 1.165) is 6.42 Å². The van der Waals surface area contributed by atoms with E-state index in [2.05, 4.69) is 52.0 Å². The number of rotatable bonds is 3. The molecule has 1 radical (unpaired) electrons. The van der Waals surface area contributed by atoms with Gasteiger partial charge in [-0.2, -0.15) is 0 Å². The molecule has 1 aliphatic rings. The Bertz CT molecular complexity index is 384. The van der Waals surface area contributed by atoms with Crippen molar-refractivity contribution in [1.82, 2.24) is 0 Å². The summed E-state index contributed by atoms with van der Waals surface area (Å²) in [6.45, 7) is 14.2. The topological polar surface area (TPSA) is 0 Å². The summed E-state index contributed by atoms with van der Waals surface area (Å²) < 4.78 is 0. The van der Waals surface area contributed by atoms with Gasteiger partial charge < -0.3 is 0 Å². The maximum atomic E-state index is 5.36. The van der Waals surface area contributed by atoms with Gasteiger partial charge in [0.1, 0.15) is 0 Å². The molecule has 1 aliphatic carbocycles. The first-order chi connectivity index (χ1) is 7.47. The lowest BCUT2D eigenvalue weighted by atomic mass is 9.75. The minimum atomic E-state index is 0.238. The second kappa shape index (κ2) is 5.16. The Morgan fingerprint density at radius 2 is 2.12 bits per heavy atom. The highest BCUT2D eigenvalue weighted by molar-refractivity contribution is 5.41. The first-order valence-electron chi connectivity index (χ1n) is 5.75. The Morgan fingerprint density at radius 3 is 2.69 bits per heavy atom. The van der Waals surface area contributed by atoms with Crippen LogP contribution < -0.4 is 0 Å². The standard InChI is InChI=1S/C16H21/c1-6-8-13(2)10-11-15-14(3)9-7-12-16(15,4)5/h1,6-11H,12H2,2-5H3. The Morgan fingerprint density at radius 1 is 1.44 bits per heavy atom. The summed E-state index contributed by atoms with van der Waals surface area (Å²) in [7, 11) is 0. The second-order valence-electron chi connectivity index (χ2n) is 5.02. The predicted octanol–water partition coefficient (Wildman–Crippen LogP) is 4.78. The number of allylic oxidation sites excluding steroid dienone is 9. The molecule has 0 nitrogen and oxygen atoms in total. The van der Waals surface area contributed by atoms with Crippen LogP contribution in [0, 0.1) is 12.0 Å². The average Bonchev–Trinajstić information content (AvgIpc) is 2.16. The third-order valence-corrected chi connectivity index (χ3v) is 3.02. The summed E-state index contributed by atoms with van der Waals surface area (Å²) in [5.41, 5.74) is 4.19. The molecular formula is C16H21. The van der Waals surface area contributed by atoms with Crippen molar-refractivity contribution in [3.8, 4) is 0 Å². The highest BCUT2D eigenvalue weighted by atomic mass is 14.3. The summed E-state index contributed by atoms with van der Waals surface area (Å²) in [4.78, 5) is 0. The van der Waals surface area contributed by atoms with Crippen LogP contribution in [-0.2, 0) is 0 Å². The largest absolute Gasteiger partial charge is 0.0834 e. The SMILES string of the molecule is [CH]=CC=C(C)C=CC1=C(C)C=CCC1(C)C. The summed E-state index contributed by atoms with van der Waals surface area (Å²) in [5.74, 6) is 0. The minimum absolute atomic E-state index is 0.238. The normalized spacial score (nSPS) is 20.6. The lowest BCUT2D eigenvalue weighted by Crippen LogP contribution is -2.16. The average molecular weight is 213 g/mol. The van der Waals surface area contributed by atoms with Crippen LogP contribution in [0.3, 0.4) is 0 Å². The van der Waals surface area contributed by atoms with Crippen molar-refractivity contribution in [2.24, 2.45) is 5.41 Å². The van der Waals surface area contributed by atoms with Gasteiger partial charge in [-0.15, -0.1) is 0 Å². The van der Waals surface area contributed by atoms with E-state index in [1.54, 1.807) is 6.08 Å². The lowest BCUT2D eigenvalue weighted by molar-refractivity contribution is 0.456. The van der Waals surface area contributed by atoms with Crippen molar-refractivity contribution in [1.29, 1.82) is 0 Å². The zero-order valence-electron chi connectivity index (χ0n) is 10.7. The predicted molar refractivity (Wildman–Crippen MR) is 72.0 cm³/mol. The quantitative estimate of drug-likeness (QED) is 0.592. The molecule has 0 heteroatoms. The summed E-state index contributed by atoms with van der Waals surface area (Å²) in [5, 5.41) is 0.